The smallest absolute Gasteiger partial charge is 0.326 e. The summed E-state index contributed by atoms with van der Waals surface area (Å²) in [5.41, 5.74) is -0.635. The van der Waals surface area contributed by atoms with Crippen LogP contribution in [0.2, 0.25) is 0 Å². The van der Waals surface area contributed by atoms with Gasteiger partial charge >= 0.3 is 12.0 Å². The van der Waals surface area contributed by atoms with Gasteiger partial charge in [0.15, 0.2) is 12.4 Å². The van der Waals surface area contributed by atoms with E-state index in [4.69, 9.17) is 9.47 Å². The van der Waals surface area contributed by atoms with E-state index in [1.165, 1.54) is 0 Å². The molecule has 1 aromatic carbocycles. The summed E-state index contributed by atoms with van der Waals surface area (Å²) in [6, 6.07) is 5.85. The van der Waals surface area contributed by atoms with Crippen LogP contribution < -0.4 is 10.1 Å². The van der Waals surface area contributed by atoms with Crippen LogP contribution >= 0.6 is 0 Å². The normalized spacial score (nSPS) is 18.8. The minimum Gasteiger partial charge on any atom is -0.494 e. The van der Waals surface area contributed by atoms with Crippen LogP contribution in [0.25, 0.3) is 0 Å². The minimum absolute atomic E-state index is 0.374. The van der Waals surface area contributed by atoms with Crippen LogP contribution in [0, 0.1) is 0 Å². The van der Waals surface area contributed by atoms with Gasteiger partial charge in [-0.25, -0.2) is 4.79 Å². The largest absolute Gasteiger partial charge is 0.494 e. The first-order valence-electron chi connectivity index (χ1n) is 9.36. The molecular formula is C20H26N2O6. The van der Waals surface area contributed by atoms with Crippen molar-refractivity contribution in [2.75, 3.05) is 19.8 Å². The number of unbranched alkanes of at least 4 members (excludes halogenated alkanes) is 1. The number of imide groups is 1. The molecule has 0 spiro atoms. The third-order valence-electron chi connectivity index (χ3n) is 4.51. The topological polar surface area (TPSA) is 102 Å². The Morgan fingerprint density at radius 2 is 1.82 bits per heavy atom. The summed E-state index contributed by atoms with van der Waals surface area (Å²) in [6.45, 7) is 5.01. The van der Waals surface area contributed by atoms with E-state index in [2.05, 4.69) is 5.32 Å². The molecule has 1 N–H and O–H groups in total. The number of nitrogens with one attached hydrogen (secondary N) is 1. The van der Waals surface area contributed by atoms with E-state index in [1.807, 2.05) is 13.8 Å². The molecule has 0 radical (unpaired) electrons. The van der Waals surface area contributed by atoms with Crippen molar-refractivity contribution in [1.29, 1.82) is 0 Å². The molecule has 1 aliphatic heterocycles. The third-order valence-corrected chi connectivity index (χ3v) is 4.51. The van der Waals surface area contributed by atoms with Gasteiger partial charge in [0.25, 0.3) is 5.91 Å². The molecule has 152 valence electrons. The number of urea groups is 1. The van der Waals surface area contributed by atoms with E-state index in [0.717, 1.165) is 17.7 Å². The minimum atomic E-state index is -1.01. The summed E-state index contributed by atoms with van der Waals surface area (Å²) in [4.78, 5) is 49.5. The number of nitrogens with zero attached hydrogens (tertiary/aromatic N) is 1. The number of carbonyl (C=O) groups is 4. The number of carbonyl (C=O) groups excluding carboxylic acids is 4. The average molecular weight is 390 g/mol. The number of hydrogen-bond acceptors (Lipinski definition) is 6. The van der Waals surface area contributed by atoms with Gasteiger partial charge in [0, 0.05) is 5.56 Å². The van der Waals surface area contributed by atoms with Gasteiger partial charge < -0.3 is 14.8 Å². The Morgan fingerprint density at radius 1 is 1.14 bits per heavy atom. The Hall–Kier alpha value is -2.90. The maximum absolute atomic E-state index is 12.5. The molecule has 1 saturated heterocycles. The van der Waals surface area contributed by atoms with Crippen LogP contribution in [0.5, 0.6) is 5.75 Å². The van der Waals surface area contributed by atoms with Crippen molar-refractivity contribution in [2.45, 2.75) is 45.6 Å². The highest BCUT2D eigenvalue weighted by atomic mass is 16.5. The Bertz CT molecular complexity index is 746. The number of Topliss-reactive ketones (excluding diaryl/α,β-unsaturated/α-hetero) is 1. The lowest BCUT2D eigenvalue weighted by Gasteiger charge is -2.21. The van der Waals surface area contributed by atoms with Crippen molar-refractivity contribution in [3.8, 4) is 5.75 Å². The van der Waals surface area contributed by atoms with Crippen molar-refractivity contribution in [3.63, 3.8) is 0 Å². The lowest BCUT2D eigenvalue weighted by molar-refractivity contribution is -0.146. The fourth-order valence-corrected chi connectivity index (χ4v) is 2.90. The first-order valence-corrected chi connectivity index (χ1v) is 9.36. The molecule has 1 atom stereocenters. The van der Waals surface area contributed by atoms with Crippen LogP contribution in [0.4, 0.5) is 4.79 Å². The molecule has 0 unspecified atom stereocenters. The summed E-state index contributed by atoms with van der Waals surface area (Å²) >= 11 is 0. The molecule has 0 saturated carbocycles. The summed E-state index contributed by atoms with van der Waals surface area (Å²) in [5, 5.41) is 2.63. The predicted molar refractivity (Wildman–Crippen MR) is 101 cm³/mol. The number of hydrogen-bond donors (Lipinski definition) is 1. The van der Waals surface area contributed by atoms with Gasteiger partial charge in [0.1, 0.15) is 17.8 Å². The number of rotatable bonds is 10. The van der Waals surface area contributed by atoms with Crippen LogP contribution in [0.3, 0.4) is 0 Å². The highest BCUT2D eigenvalue weighted by Crippen LogP contribution is 2.23. The molecule has 0 bridgehead atoms. The quantitative estimate of drug-likeness (QED) is 0.374. The summed E-state index contributed by atoms with van der Waals surface area (Å²) in [6.07, 6.45) is 2.15. The summed E-state index contributed by atoms with van der Waals surface area (Å²) in [7, 11) is 0. The Labute approximate surface area is 164 Å². The second-order valence-corrected chi connectivity index (χ2v) is 6.80. The zero-order chi connectivity index (χ0) is 20.7. The van der Waals surface area contributed by atoms with Crippen LogP contribution in [0.1, 0.15) is 50.4 Å². The third kappa shape index (κ3) is 5.09. The number of ketones is 1. The monoisotopic (exact) mass is 390 g/mol. The number of ether oxygens (including phenoxy) is 2. The molecule has 2 rings (SSSR count). The molecule has 3 amide bonds. The highest BCUT2D eigenvalue weighted by molar-refractivity contribution is 6.08. The van der Waals surface area contributed by atoms with Crippen LogP contribution in [-0.2, 0) is 14.3 Å². The lowest BCUT2D eigenvalue weighted by atomic mass is 9.95. The molecular weight excluding hydrogens is 364 g/mol. The molecule has 0 aliphatic carbocycles. The molecule has 1 heterocycles. The molecule has 1 fully saturated rings. The first-order chi connectivity index (χ1) is 13.3. The standard InChI is InChI=1S/C20H26N2O6/c1-4-6-11-20(3)18(25)22(19(26)21-20)12-17(24)28-13-16(23)14-7-9-15(10-8-14)27-5-2/h7-10H,4-6,11-13H2,1-3H3,(H,21,26)/t20-/m1/s1. The Kier molecular flexibility index (Phi) is 7.14. The zero-order valence-corrected chi connectivity index (χ0v) is 16.4. The molecule has 1 aromatic rings. The highest BCUT2D eigenvalue weighted by Gasteiger charge is 2.47. The van der Waals surface area contributed by atoms with Gasteiger partial charge in [-0.2, -0.15) is 0 Å². The Morgan fingerprint density at radius 3 is 2.43 bits per heavy atom. The van der Waals surface area contributed by atoms with Gasteiger partial charge in [-0.1, -0.05) is 19.8 Å². The average Bonchev–Trinajstić information content (AvgIpc) is 2.88. The molecule has 1 aliphatic rings. The fraction of sp³-hybridized carbons (Fsp3) is 0.500. The second kappa shape index (κ2) is 9.34. The van der Waals surface area contributed by atoms with Crippen molar-refractivity contribution in [3.05, 3.63) is 29.8 Å². The van der Waals surface area contributed by atoms with E-state index in [1.54, 1.807) is 31.2 Å². The fourth-order valence-electron chi connectivity index (χ4n) is 2.90. The number of esters is 1. The van der Waals surface area contributed by atoms with Crippen molar-refractivity contribution < 1.29 is 28.7 Å². The van der Waals surface area contributed by atoms with E-state index < -0.39 is 36.6 Å². The maximum atomic E-state index is 12.5. The van der Waals surface area contributed by atoms with E-state index >= 15 is 0 Å². The van der Waals surface area contributed by atoms with E-state index in [-0.39, 0.29) is 5.78 Å². The molecule has 0 aromatic heterocycles. The number of benzene rings is 1. The summed E-state index contributed by atoms with van der Waals surface area (Å²) < 4.78 is 10.3. The van der Waals surface area contributed by atoms with Crippen molar-refractivity contribution in [1.82, 2.24) is 10.2 Å². The first kappa shape index (κ1) is 21.4. The van der Waals surface area contributed by atoms with Gasteiger partial charge in [0.05, 0.1) is 6.61 Å². The Balaban J connectivity index is 1.87. The van der Waals surface area contributed by atoms with Gasteiger partial charge in [-0.3, -0.25) is 19.3 Å². The van der Waals surface area contributed by atoms with E-state index in [0.29, 0.717) is 24.3 Å². The number of amides is 3. The van der Waals surface area contributed by atoms with Gasteiger partial charge in [-0.05, 0) is 44.5 Å². The molecule has 8 heteroatoms. The van der Waals surface area contributed by atoms with Crippen LogP contribution in [-0.4, -0.2) is 53.9 Å². The summed E-state index contributed by atoms with van der Waals surface area (Å²) in [5.74, 6) is -1.02. The lowest BCUT2D eigenvalue weighted by Crippen LogP contribution is -2.44. The predicted octanol–water partition coefficient (Wildman–Crippen LogP) is 2.31. The van der Waals surface area contributed by atoms with Crippen LogP contribution in [0.15, 0.2) is 24.3 Å². The van der Waals surface area contributed by atoms with Crippen molar-refractivity contribution in [2.24, 2.45) is 0 Å². The zero-order valence-electron chi connectivity index (χ0n) is 16.4. The van der Waals surface area contributed by atoms with Gasteiger partial charge in [0.2, 0.25) is 0 Å². The molecule has 28 heavy (non-hydrogen) atoms. The van der Waals surface area contributed by atoms with Gasteiger partial charge in [-0.15, -0.1) is 0 Å². The SMILES string of the molecule is CCCC[C@@]1(C)NC(=O)N(CC(=O)OCC(=O)c2ccc(OCC)cc2)C1=O. The molecule has 8 nitrogen and oxygen atoms in total. The second-order valence-electron chi connectivity index (χ2n) is 6.80. The maximum Gasteiger partial charge on any atom is 0.326 e. The van der Waals surface area contributed by atoms with E-state index in [9.17, 15) is 19.2 Å². The van der Waals surface area contributed by atoms with Crippen molar-refractivity contribution >= 4 is 23.7 Å².